The molecular weight excluding hydrogens is 492 g/mol. The van der Waals surface area contributed by atoms with E-state index in [9.17, 15) is 9.59 Å². The number of nitrogens with one attached hydrogen (secondary N) is 1. The quantitative estimate of drug-likeness (QED) is 0.182. The molecular formula is C31H32N4O4. The molecule has 0 fully saturated rings. The SMILES string of the molecule is C=CC[C@@H](C(=O)OCC)c1ccc(-c2ccc(-n3nnc(C)c3NC(=O)OC(C)c3ccccc3)cc2)cc1. The van der Waals surface area contributed by atoms with E-state index >= 15 is 0 Å². The molecule has 4 rings (SSSR count). The zero-order valence-corrected chi connectivity index (χ0v) is 22.3. The van der Waals surface area contributed by atoms with Gasteiger partial charge in [0, 0.05) is 0 Å². The summed E-state index contributed by atoms with van der Waals surface area (Å²) >= 11 is 0. The third-order valence-electron chi connectivity index (χ3n) is 6.34. The summed E-state index contributed by atoms with van der Waals surface area (Å²) in [5, 5.41) is 11.1. The summed E-state index contributed by atoms with van der Waals surface area (Å²) < 4.78 is 12.3. The molecule has 200 valence electrons. The summed E-state index contributed by atoms with van der Waals surface area (Å²) in [6, 6.07) is 25.1. The van der Waals surface area contributed by atoms with Crippen molar-refractivity contribution in [2.24, 2.45) is 0 Å². The van der Waals surface area contributed by atoms with Gasteiger partial charge in [-0.05, 0) is 61.6 Å². The average Bonchev–Trinajstić information content (AvgIpc) is 3.32. The predicted octanol–water partition coefficient (Wildman–Crippen LogP) is 6.78. The normalized spacial score (nSPS) is 12.3. The van der Waals surface area contributed by atoms with E-state index in [-0.39, 0.29) is 11.9 Å². The van der Waals surface area contributed by atoms with Crippen LogP contribution < -0.4 is 5.32 Å². The van der Waals surface area contributed by atoms with Gasteiger partial charge >= 0.3 is 12.1 Å². The number of allylic oxidation sites excluding steroid dienone is 1. The van der Waals surface area contributed by atoms with Gasteiger partial charge in [-0.1, -0.05) is 78.0 Å². The van der Waals surface area contributed by atoms with Gasteiger partial charge in [0.1, 0.15) is 11.8 Å². The Morgan fingerprint density at radius 2 is 1.62 bits per heavy atom. The Morgan fingerprint density at radius 1 is 0.974 bits per heavy atom. The molecule has 8 heteroatoms. The number of carbonyl (C=O) groups excluding carboxylic acids is 2. The number of ether oxygens (including phenoxy) is 2. The average molecular weight is 525 g/mol. The van der Waals surface area contributed by atoms with Crippen LogP contribution in [0.2, 0.25) is 0 Å². The summed E-state index contributed by atoms with van der Waals surface area (Å²) in [7, 11) is 0. The van der Waals surface area contributed by atoms with Crippen LogP contribution in [0.25, 0.3) is 16.8 Å². The van der Waals surface area contributed by atoms with Crippen molar-refractivity contribution >= 4 is 17.9 Å². The van der Waals surface area contributed by atoms with Crippen molar-refractivity contribution in [3.8, 4) is 16.8 Å². The highest BCUT2D eigenvalue weighted by Crippen LogP contribution is 2.28. The lowest BCUT2D eigenvalue weighted by atomic mass is 9.93. The molecule has 1 aromatic heterocycles. The monoisotopic (exact) mass is 524 g/mol. The number of rotatable bonds is 10. The molecule has 1 unspecified atom stereocenters. The van der Waals surface area contributed by atoms with Crippen LogP contribution in [0.5, 0.6) is 0 Å². The van der Waals surface area contributed by atoms with E-state index in [2.05, 4.69) is 22.2 Å². The van der Waals surface area contributed by atoms with Gasteiger partial charge in [-0.3, -0.25) is 10.1 Å². The first-order chi connectivity index (χ1) is 18.9. The fourth-order valence-electron chi connectivity index (χ4n) is 4.24. The second kappa shape index (κ2) is 12.7. The molecule has 3 aromatic carbocycles. The number of hydrogen-bond acceptors (Lipinski definition) is 6. The first kappa shape index (κ1) is 27.3. The number of amides is 1. The topological polar surface area (TPSA) is 95.3 Å². The minimum atomic E-state index is -0.590. The molecule has 0 aliphatic carbocycles. The minimum absolute atomic E-state index is 0.250. The summed E-state index contributed by atoms with van der Waals surface area (Å²) in [5.41, 5.74) is 5.07. The number of nitrogens with zero attached hydrogens (tertiary/aromatic N) is 3. The molecule has 0 aliphatic heterocycles. The van der Waals surface area contributed by atoms with Crippen molar-refractivity contribution in [1.29, 1.82) is 0 Å². The van der Waals surface area contributed by atoms with Crippen molar-refractivity contribution in [2.75, 3.05) is 11.9 Å². The predicted molar refractivity (Wildman–Crippen MR) is 151 cm³/mol. The van der Waals surface area contributed by atoms with Crippen molar-refractivity contribution in [3.05, 3.63) is 108 Å². The highest BCUT2D eigenvalue weighted by Gasteiger charge is 2.21. The molecule has 1 N–H and O–H groups in total. The fraction of sp³-hybridized carbons (Fsp3) is 0.226. The summed E-state index contributed by atoms with van der Waals surface area (Å²) in [5.74, 6) is -0.187. The molecule has 0 bridgehead atoms. The van der Waals surface area contributed by atoms with Gasteiger partial charge in [-0.2, -0.15) is 4.68 Å². The Labute approximate surface area is 228 Å². The van der Waals surface area contributed by atoms with E-state index in [1.807, 2.05) is 85.8 Å². The van der Waals surface area contributed by atoms with Gasteiger partial charge in [0.2, 0.25) is 0 Å². The molecule has 2 atom stereocenters. The second-order valence-electron chi connectivity index (χ2n) is 9.02. The van der Waals surface area contributed by atoms with E-state index in [1.165, 1.54) is 0 Å². The van der Waals surface area contributed by atoms with Gasteiger partial charge in [0.15, 0.2) is 5.82 Å². The molecule has 0 saturated heterocycles. The van der Waals surface area contributed by atoms with Crippen LogP contribution in [0, 0.1) is 6.92 Å². The van der Waals surface area contributed by atoms with Crippen LogP contribution in [0.1, 0.15) is 49.1 Å². The maximum atomic E-state index is 12.6. The molecule has 0 aliphatic rings. The van der Waals surface area contributed by atoms with E-state index in [1.54, 1.807) is 24.6 Å². The zero-order valence-electron chi connectivity index (χ0n) is 22.3. The Morgan fingerprint density at radius 3 is 2.23 bits per heavy atom. The second-order valence-corrected chi connectivity index (χ2v) is 9.02. The highest BCUT2D eigenvalue weighted by atomic mass is 16.6. The van der Waals surface area contributed by atoms with E-state index in [4.69, 9.17) is 9.47 Å². The number of benzene rings is 3. The molecule has 0 radical (unpaired) electrons. The lowest BCUT2D eigenvalue weighted by Crippen LogP contribution is -2.18. The number of carbonyl (C=O) groups is 2. The minimum Gasteiger partial charge on any atom is -0.466 e. The van der Waals surface area contributed by atoms with Crippen molar-refractivity contribution < 1.29 is 19.1 Å². The first-order valence-corrected chi connectivity index (χ1v) is 12.8. The van der Waals surface area contributed by atoms with E-state index in [0.29, 0.717) is 24.5 Å². The summed E-state index contributed by atoms with van der Waals surface area (Å²) in [6.07, 6.45) is 1.24. The summed E-state index contributed by atoms with van der Waals surface area (Å²) in [4.78, 5) is 25.0. The maximum absolute atomic E-state index is 12.6. The number of anilines is 1. The molecule has 4 aromatic rings. The van der Waals surface area contributed by atoms with Gasteiger partial charge < -0.3 is 9.47 Å². The molecule has 8 nitrogen and oxygen atoms in total. The number of aryl methyl sites for hydroxylation is 1. The smallest absolute Gasteiger partial charge is 0.413 e. The maximum Gasteiger partial charge on any atom is 0.413 e. The van der Waals surface area contributed by atoms with E-state index < -0.39 is 12.2 Å². The van der Waals surface area contributed by atoms with Crippen molar-refractivity contribution in [3.63, 3.8) is 0 Å². The van der Waals surface area contributed by atoms with Crippen LogP contribution >= 0.6 is 0 Å². The standard InChI is InChI=1S/C31H32N4O4/c1-5-10-28(30(36)38-6-2)26-15-13-24(14-16-26)25-17-19-27(20-18-25)35-29(21(3)33-34-35)32-31(37)39-22(4)23-11-8-7-9-12-23/h5,7-9,11-20,22,28H,1,6,10H2,2-4H3,(H,32,37)/t22?,28-/m1/s1. The number of aromatic nitrogens is 3. The molecule has 1 heterocycles. The molecule has 39 heavy (non-hydrogen) atoms. The van der Waals surface area contributed by atoms with Crippen LogP contribution in [0.3, 0.4) is 0 Å². The molecule has 0 saturated carbocycles. The highest BCUT2D eigenvalue weighted by molar-refractivity contribution is 5.84. The Kier molecular flexibility index (Phi) is 8.89. The lowest BCUT2D eigenvalue weighted by Gasteiger charge is -2.15. The third kappa shape index (κ3) is 6.59. The fourth-order valence-corrected chi connectivity index (χ4v) is 4.24. The van der Waals surface area contributed by atoms with Crippen molar-refractivity contribution in [2.45, 2.75) is 39.2 Å². The van der Waals surface area contributed by atoms with Gasteiger partial charge in [-0.25, -0.2) is 4.79 Å². The molecule has 1 amide bonds. The largest absolute Gasteiger partial charge is 0.466 e. The van der Waals surface area contributed by atoms with Crippen LogP contribution in [0.15, 0.2) is 91.5 Å². The van der Waals surface area contributed by atoms with Crippen LogP contribution in [-0.4, -0.2) is 33.7 Å². The Balaban J connectivity index is 1.47. The number of hydrogen-bond donors (Lipinski definition) is 1. The van der Waals surface area contributed by atoms with Gasteiger partial charge in [0.05, 0.1) is 18.2 Å². The van der Waals surface area contributed by atoms with E-state index in [0.717, 1.165) is 27.9 Å². The van der Waals surface area contributed by atoms with Crippen LogP contribution in [-0.2, 0) is 14.3 Å². The Hall–Kier alpha value is -4.72. The third-order valence-corrected chi connectivity index (χ3v) is 6.34. The first-order valence-electron chi connectivity index (χ1n) is 12.8. The molecule has 0 spiro atoms. The Bertz CT molecular complexity index is 1410. The summed E-state index contributed by atoms with van der Waals surface area (Å²) in [6.45, 7) is 9.49. The lowest BCUT2D eigenvalue weighted by molar-refractivity contribution is -0.144. The zero-order chi connectivity index (χ0) is 27.8. The van der Waals surface area contributed by atoms with Gasteiger partial charge in [0.25, 0.3) is 0 Å². The van der Waals surface area contributed by atoms with Crippen molar-refractivity contribution in [1.82, 2.24) is 15.0 Å². The van der Waals surface area contributed by atoms with Gasteiger partial charge in [-0.15, -0.1) is 11.7 Å². The van der Waals surface area contributed by atoms with Crippen LogP contribution in [0.4, 0.5) is 10.6 Å². The number of esters is 1.